The highest BCUT2D eigenvalue weighted by Crippen LogP contribution is 2.26. The van der Waals surface area contributed by atoms with E-state index >= 15 is 0 Å². The summed E-state index contributed by atoms with van der Waals surface area (Å²) in [7, 11) is 0. The third-order valence-electron chi connectivity index (χ3n) is 5.94. The Balaban J connectivity index is 2.11. The monoisotopic (exact) mass is 631 g/mol. The average Bonchev–Trinajstić information content (AvgIpc) is 3.42. The summed E-state index contributed by atoms with van der Waals surface area (Å²) in [6, 6.07) is 3.80. The van der Waals surface area contributed by atoms with Gasteiger partial charge in [-0.2, -0.15) is 0 Å². The molecule has 0 aliphatic carbocycles. The van der Waals surface area contributed by atoms with Gasteiger partial charge in [0.25, 0.3) is 0 Å². The van der Waals surface area contributed by atoms with E-state index in [0.29, 0.717) is 47.9 Å². The number of nitrogens with two attached hydrogens (primary N) is 6. The summed E-state index contributed by atoms with van der Waals surface area (Å²) in [5.41, 5.74) is 34.9. The van der Waals surface area contributed by atoms with Crippen molar-refractivity contribution < 1.29 is 19.2 Å². The maximum absolute atomic E-state index is 13.3. The van der Waals surface area contributed by atoms with Gasteiger partial charge in [0.1, 0.15) is 6.04 Å². The van der Waals surface area contributed by atoms with Crippen LogP contribution >= 0.6 is 11.3 Å². The zero-order valence-corrected chi connectivity index (χ0v) is 25.2. The summed E-state index contributed by atoms with van der Waals surface area (Å²) >= 11 is 1.26. The fourth-order valence-corrected chi connectivity index (χ4v) is 4.49. The van der Waals surface area contributed by atoms with Crippen LogP contribution < -0.4 is 55.7 Å². The van der Waals surface area contributed by atoms with Crippen LogP contribution in [0.4, 0.5) is 10.8 Å². The number of benzene rings is 1. The Labute approximate surface area is 258 Å². The first kappa shape index (κ1) is 35.4. The highest BCUT2D eigenvalue weighted by Gasteiger charge is 2.25. The number of anilines is 2. The number of amides is 4. The van der Waals surface area contributed by atoms with Crippen molar-refractivity contribution in [1.82, 2.24) is 15.6 Å². The Morgan fingerprint density at radius 1 is 0.886 bits per heavy atom. The average molecular weight is 632 g/mol. The molecule has 44 heavy (non-hydrogen) atoms. The third-order valence-corrected chi connectivity index (χ3v) is 6.69. The number of carbonyl (C=O) groups is 4. The second-order valence-electron chi connectivity index (χ2n) is 9.71. The van der Waals surface area contributed by atoms with Crippen LogP contribution in [0.25, 0.3) is 11.3 Å². The lowest BCUT2D eigenvalue weighted by Gasteiger charge is -2.22. The zero-order chi connectivity index (χ0) is 32.6. The Morgan fingerprint density at radius 3 is 2.09 bits per heavy atom. The zero-order valence-electron chi connectivity index (χ0n) is 24.4. The van der Waals surface area contributed by atoms with Gasteiger partial charge in [-0.05, 0) is 37.8 Å². The first-order valence-corrected chi connectivity index (χ1v) is 14.6. The van der Waals surface area contributed by atoms with Gasteiger partial charge in [0.15, 0.2) is 17.1 Å². The van der Waals surface area contributed by atoms with E-state index in [0.717, 1.165) is 0 Å². The van der Waals surface area contributed by atoms with E-state index in [4.69, 9.17) is 34.4 Å². The van der Waals surface area contributed by atoms with Gasteiger partial charge in [-0.25, -0.2) is 4.98 Å². The molecule has 240 valence electrons. The molecule has 1 heterocycles. The molecule has 0 aliphatic heterocycles. The standard InChI is InChI=1S/C26H41N13O4S/c1-14(40)36-26-39-20(13-44-26)15-5-2-6-16(11-15)37-23(43)19(38-22(42)18(28)8-4-10-34-25(31)32)12-35-21(41)17(27)7-3-9-33-24(29)30/h2,5-6,11,13,17-19H,3-4,7-10,12,27-28H2,1H3,(H,35,41)(H,37,43)(H,38,42)(H4,29,30,33)(H4,31,32,34)(H,36,39,40)/t17-,18-,19?/m0/s1. The highest BCUT2D eigenvalue weighted by atomic mass is 32.1. The van der Waals surface area contributed by atoms with E-state index in [1.165, 1.54) is 18.3 Å². The number of hydrogen-bond donors (Lipinski definition) is 10. The SMILES string of the molecule is CC(=O)Nc1nc(-c2cccc(NC(=O)C(CNC(=O)[C@@H](N)CCCN=C(N)N)NC(=O)[C@@H](N)CCCN=C(N)N)c2)cs1. The minimum Gasteiger partial charge on any atom is -0.370 e. The Hall–Kier alpha value is -4.81. The highest BCUT2D eigenvalue weighted by molar-refractivity contribution is 7.14. The number of thiazole rings is 1. The second-order valence-corrected chi connectivity index (χ2v) is 10.6. The molecule has 17 nitrogen and oxygen atoms in total. The van der Waals surface area contributed by atoms with Gasteiger partial charge in [0, 0.05) is 43.2 Å². The number of carbonyl (C=O) groups excluding carboxylic acids is 4. The van der Waals surface area contributed by atoms with Gasteiger partial charge in [0.05, 0.1) is 17.8 Å². The lowest BCUT2D eigenvalue weighted by Crippen LogP contribution is -2.55. The fourth-order valence-electron chi connectivity index (χ4n) is 3.72. The molecule has 1 aromatic heterocycles. The van der Waals surface area contributed by atoms with Crippen LogP contribution in [0, 0.1) is 0 Å². The number of nitrogens with one attached hydrogen (secondary N) is 4. The van der Waals surface area contributed by atoms with Crippen molar-refractivity contribution in [2.75, 3.05) is 30.3 Å². The van der Waals surface area contributed by atoms with E-state index in [1.54, 1.807) is 29.6 Å². The summed E-state index contributed by atoms with van der Waals surface area (Å²) in [6.45, 7) is 1.72. The maximum Gasteiger partial charge on any atom is 0.248 e. The predicted octanol–water partition coefficient (Wildman–Crippen LogP) is -1.93. The molecule has 0 radical (unpaired) electrons. The van der Waals surface area contributed by atoms with Gasteiger partial charge in [0.2, 0.25) is 23.6 Å². The summed E-state index contributed by atoms with van der Waals surface area (Å²) in [5, 5.41) is 12.8. The lowest BCUT2D eigenvalue weighted by atomic mass is 10.1. The molecule has 1 unspecified atom stereocenters. The molecule has 0 saturated heterocycles. The molecule has 2 rings (SSSR count). The summed E-state index contributed by atoms with van der Waals surface area (Å²) < 4.78 is 0. The number of aromatic nitrogens is 1. The summed E-state index contributed by atoms with van der Waals surface area (Å²) in [4.78, 5) is 62.2. The predicted molar refractivity (Wildman–Crippen MR) is 171 cm³/mol. The Kier molecular flexibility index (Phi) is 14.5. The molecular formula is C26H41N13O4S. The topological polar surface area (TPSA) is 310 Å². The van der Waals surface area contributed by atoms with Crippen LogP contribution in [-0.4, -0.2) is 78.3 Å². The van der Waals surface area contributed by atoms with Gasteiger partial charge in [-0.15, -0.1) is 11.3 Å². The molecule has 0 saturated carbocycles. The number of guanidine groups is 2. The first-order valence-electron chi connectivity index (χ1n) is 13.7. The van der Waals surface area contributed by atoms with Crippen LogP contribution in [0.1, 0.15) is 32.6 Å². The van der Waals surface area contributed by atoms with Crippen molar-refractivity contribution in [3.05, 3.63) is 29.6 Å². The molecule has 1 aromatic carbocycles. The van der Waals surface area contributed by atoms with Crippen molar-refractivity contribution in [2.45, 2.75) is 50.7 Å². The Bertz CT molecular complexity index is 1340. The third kappa shape index (κ3) is 13.0. The second kappa shape index (κ2) is 18.0. The van der Waals surface area contributed by atoms with Gasteiger partial charge < -0.3 is 55.7 Å². The van der Waals surface area contributed by atoms with E-state index in [1.807, 2.05) is 0 Å². The van der Waals surface area contributed by atoms with E-state index < -0.39 is 35.8 Å². The van der Waals surface area contributed by atoms with Crippen LogP contribution in [0.15, 0.2) is 39.6 Å². The number of hydrogen-bond acceptors (Lipinski definition) is 10. The number of rotatable bonds is 17. The van der Waals surface area contributed by atoms with Crippen LogP contribution in [-0.2, 0) is 19.2 Å². The van der Waals surface area contributed by atoms with Gasteiger partial charge in [-0.1, -0.05) is 12.1 Å². The summed E-state index contributed by atoms with van der Waals surface area (Å²) in [6.07, 6.45) is 1.44. The van der Waals surface area contributed by atoms with Crippen LogP contribution in [0.5, 0.6) is 0 Å². The minimum atomic E-state index is -1.20. The minimum absolute atomic E-state index is 0.0612. The molecule has 18 heteroatoms. The van der Waals surface area contributed by atoms with Crippen LogP contribution in [0.3, 0.4) is 0 Å². The number of nitrogens with zero attached hydrogens (tertiary/aromatic N) is 3. The number of aliphatic imine (C=N–C) groups is 2. The molecule has 4 amide bonds. The molecule has 3 atom stereocenters. The van der Waals surface area contributed by atoms with E-state index in [2.05, 4.69) is 36.2 Å². The molecule has 0 spiro atoms. The fraction of sp³-hybridized carbons (Fsp3) is 0.423. The van der Waals surface area contributed by atoms with E-state index in [-0.39, 0.29) is 37.3 Å². The quantitative estimate of drug-likeness (QED) is 0.0520. The van der Waals surface area contributed by atoms with Gasteiger partial charge >= 0.3 is 0 Å². The smallest absolute Gasteiger partial charge is 0.248 e. The van der Waals surface area contributed by atoms with Crippen molar-refractivity contribution in [3.8, 4) is 11.3 Å². The molecular weight excluding hydrogens is 590 g/mol. The first-order chi connectivity index (χ1) is 20.8. The van der Waals surface area contributed by atoms with Crippen LogP contribution in [0.2, 0.25) is 0 Å². The molecule has 0 aliphatic rings. The van der Waals surface area contributed by atoms with Crippen molar-refractivity contribution in [3.63, 3.8) is 0 Å². The molecule has 0 bridgehead atoms. The Morgan fingerprint density at radius 2 is 1.50 bits per heavy atom. The largest absolute Gasteiger partial charge is 0.370 e. The van der Waals surface area contributed by atoms with Crippen molar-refractivity contribution >= 4 is 57.7 Å². The maximum atomic E-state index is 13.3. The summed E-state index contributed by atoms with van der Waals surface area (Å²) in [5.74, 6) is -2.11. The molecule has 0 fully saturated rings. The normalized spacial score (nSPS) is 12.6. The lowest BCUT2D eigenvalue weighted by molar-refractivity contribution is -0.128. The molecule has 2 aromatic rings. The van der Waals surface area contributed by atoms with Crippen molar-refractivity contribution in [1.29, 1.82) is 0 Å². The van der Waals surface area contributed by atoms with Gasteiger partial charge in [-0.3, -0.25) is 29.2 Å². The molecule has 16 N–H and O–H groups in total. The van der Waals surface area contributed by atoms with E-state index in [9.17, 15) is 19.2 Å². The van der Waals surface area contributed by atoms with Crippen molar-refractivity contribution in [2.24, 2.45) is 44.4 Å².